The molecule has 7 heteroatoms. The Morgan fingerprint density at radius 3 is 2.63 bits per heavy atom. The highest BCUT2D eigenvalue weighted by molar-refractivity contribution is 5.83. The van der Waals surface area contributed by atoms with Crippen LogP contribution in [-0.2, 0) is 6.42 Å². The van der Waals surface area contributed by atoms with Gasteiger partial charge in [0.1, 0.15) is 0 Å². The Kier molecular flexibility index (Phi) is 3.87. The molecule has 0 unspecified atom stereocenters. The summed E-state index contributed by atoms with van der Waals surface area (Å²) >= 11 is 0. The van der Waals surface area contributed by atoms with Gasteiger partial charge >= 0.3 is 5.97 Å². The number of aromatic carboxylic acids is 1. The van der Waals surface area contributed by atoms with Crippen LogP contribution in [0.5, 0.6) is 0 Å². The van der Waals surface area contributed by atoms with Crippen LogP contribution in [0.25, 0.3) is 0 Å². The van der Waals surface area contributed by atoms with Crippen LogP contribution in [0.3, 0.4) is 0 Å². The summed E-state index contributed by atoms with van der Waals surface area (Å²) in [6.07, 6.45) is 0.773. The highest BCUT2D eigenvalue weighted by atomic mass is 16.4. The van der Waals surface area contributed by atoms with Gasteiger partial charge in [0.15, 0.2) is 0 Å². The van der Waals surface area contributed by atoms with Crippen molar-refractivity contribution in [1.82, 2.24) is 15.0 Å². The number of nitrogens with two attached hydrogens (primary N) is 1. The third-order valence-electron chi connectivity index (χ3n) is 2.38. The van der Waals surface area contributed by atoms with E-state index < -0.39 is 5.97 Å². The molecular weight excluding hydrogens is 246 g/mol. The smallest absolute Gasteiger partial charge is 0.374 e. The van der Waals surface area contributed by atoms with Crippen LogP contribution in [0.15, 0.2) is 30.3 Å². The van der Waals surface area contributed by atoms with Crippen molar-refractivity contribution in [3.63, 3.8) is 0 Å². The molecule has 2 aromatic rings. The standard InChI is InChI=1S/C12H13N5O2/c13-11-15-9(10(18)19)16-12(17-11)14-7-6-8-4-2-1-3-5-8/h1-5H,6-7H2,(H,18,19)(H3,13,14,15,16,17). The molecule has 0 saturated heterocycles. The normalized spacial score (nSPS) is 10.1. The minimum Gasteiger partial charge on any atom is -0.475 e. The lowest BCUT2D eigenvalue weighted by molar-refractivity contribution is 0.0683. The number of rotatable bonds is 5. The van der Waals surface area contributed by atoms with Crippen molar-refractivity contribution in [2.75, 3.05) is 17.6 Å². The molecule has 98 valence electrons. The van der Waals surface area contributed by atoms with Gasteiger partial charge in [-0.15, -0.1) is 0 Å². The summed E-state index contributed by atoms with van der Waals surface area (Å²) in [4.78, 5) is 21.9. The third kappa shape index (κ3) is 3.63. The summed E-state index contributed by atoms with van der Waals surface area (Å²) in [5.41, 5.74) is 6.58. The van der Waals surface area contributed by atoms with E-state index in [1.807, 2.05) is 30.3 Å². The molecule has 0 radical (unpaired) electrons. The number of carbonyl (C=O) groups is 1. The van der Waals surface area contributed by atoms with Gasteiger partial charge in [0.25, 0.3) is 0 Å². The molecule has 0 aliphatic heterocycles. The number of anilines is 2. The lowest BCUT2D eigenvalue weighted by atomic mass is 10.1. The molecule has 0 aliphatic rings. The van der Waals surface area contributed by atoms with Gasteiger partial charge in [-0.25, -0.2) is 4.79 Å². The molecule has 0 saturated carbocycles. The molecule has 1 aromatic heterocycles. The second-order valence-electron chi connectivity index (χ2n) is 3.81. The van der Waals surface area contributed by atoms with Crippen LogP contribution in [0.2, 0.25) is 0 Å². The minimum atomic E-state index is -1.24. The zero-order valence-electron chi connectivity index (χ0n) is 10.1. The Bertz CT molecular complexity index is 574. The topological polar surface area (TPSA) is 114 Å². The average Bonchev–Trinajstić information content (AvgIpc) is 2.39. The summed E-state index contributed by atoms with van der Waals surface area (Å²) in [5.74, 6) is -1.55. The molecule has 19 heavy (non-hydrogen) atoms. The fraction of sp³-hybridized carbons (Fsp3) is 0.167. The fourth-order valence-corrected chi connectivity index (χ4v) is 1.53. The predicted octanol–water partition coefficient (Wildman–Crippen LogP) is 0.807. The lowest BCUT2D eigenvalue weighted by Crippen LogP contribution is -2.14. The number of carboxylic acids is 1. The zero-order valence-corrected chi connectivity index (χ0v) is 10.1. The van der Waals surface area contributed by atoms with Gasteiger partial charge in [0, 0.05) is 6.54 Å². The predicted molar refractivity (Wildman–Crippen MR) is 69.8 cm³/mol. The van der Waals surface area contributed by atoms with E-state index in [9.17, 15) is 4.79 Å². The van der Waals surface area contributed by atoms with Crippen LogP contribution >= 0.6 is 0 Å². The summed E-state index contributed by atoms with van der Waals surface area (Å²) in [5, 5.41) is 11.7. The van der Waals surface area contributed by atoms with Crippen molar-refractivity contribution < 1.29 is 9.90 Å². The molecule has 0 spiro atoms. The third-order valence-corrected chi connectivity index (χ3v) is 2.38. The zero-order chi connectivity index (χ0) is 13.7. The second-order valence-corrected chi connectivity index (χ2v) is 3.81. The first-order valence-electron chi connectivity index (χ1n) is 5.68. The van der Waals surface area contributed by atoms with Gasteiger partial charge in [-0.05, 0) is 12.0 Å². The van der Waals surface area contributed by atoms with Crippen LogP contribution in [0, 0.1) is 0 Å². The minimum absolute atomic E-state index is 0.116. The summed E-state index contributed by atoms with van der Waals surface area (Å²) < 4.78 is 0. The molecule has 4 N–H and O–H groups in total. The van der Waals surface area contributed by atoms with Gasteiger partial charge in [-0.2, -0.15) is 15.0 Å². The van der Waals surface area contributed by atoms with Crippen molar-refractivity contribution in [3.05, 3.63) is 41.7 Å². The van der Waals surface area contributed by atoms with E-state index in [2.05, 4.69) is 20.3 Å². The van der Waals surface area contributed by atoms with Crippen molar-refractivity contribution in [1.29, 1.82) is 0 Å². The van der Waals surface area contributed by atoms with Gasteiger partial charge in [-0.1, -0.05) is 30.3 Å². The number of nitrogens with one attached hydrogen (secondary N) is 1. The van der Waals surface area contributed by atoms with E-state index in [0.29, 0.717) is 6.54 Å². The van der Waals surface area contributed by atoms with E-state index in [1.165, 1.54) is 0 Å². The van der Waals surface area contributed by atoms with Gasteiger partial charge in [-0.3, -0.25) is 0 Å². The number of hydrogen-bond donors (Lipinski definition) is 3. The Morgan fingerprint density at radius 2 is 1.95 bits per heavy atom. The van der Waals surface area contributed by atoms with E-state index in [1.54, 1.807) is 0 Å². The van der Waals surface area contributed by atoms with Gasteiger partial charge in [0.2, 0.25) is 17.7 Å². The van der Waals surface area contributed by atoms with E-state index >= 15 is 0 Å². The van der Waals surface area contributed by atoms with E-state index in [-0.39, 0.29) is 17.7 Å². The summed E-state index contributed by atoms with van der Waals surface area (Å²) in [6, 6.07) is 9.87. The van der Waals surface area contributed by atoms with E-state index in [0.717, 1.165) is 12.0 Å². The maximum atomic E-state index is 10.8. The maximum absolute atomic E-state index is 10.8. The maximum Gasteiger partial charge on any atom is 0.374 e. The molecule has 2 rings (SSSR count). The van der Waals surface area contributed by atoms with Crippen LogP contribution in [0.4, 0.5) is 11.9 Å². The number of benzene rings is 1. The highest BCUT2D eigenvalue weighted by Crippen LogP contribution is 2.04. The Morgan fingerprint density at radius 1 is 1.21 bits per heavy atom. The van der Waals surface area contributed by atoms with Crippen LogP contribution in [0.1, 0.15) is 16.2 Å². The first-order valence-corrected chi connectivity index (χ1v) is 5.68. The molecule has 0 bridgehead atoms. The molecule has 1 aromatic carbocycles. The largest absolute Gasteiger partial charge is 0.475 e. The molecule has 0 fully saturated rings. The summed E-state index contributed by atoms with van der Waals surface area (Å²) in [7, 11) is 0. The summed E-state index contributed by atoms with van der Waals surface area (Å²) in [6.45, 7) is 0.576. The molecule has 0 amide bonds. The van der Waals surface area contributed by atoms with Crippen molar-refractivity contribution in [2.24, 2.45) is 0 Å². The lowest BCUT2D eigenvalue weighted by Gasteiger charge is -2.05. The Balaban J connectivity index is 1.98. The first kappa shape index (κ1) is 12.7. The van der Waals surface area contributed by atoms with Crippen molar-refractivity contribution in [2.45, 2.75) is 6.42 Å². The van der Waals surface area contributed by atoms with Gasteiger partial charge in [0.05, 0.1) is 0 Å². The molecule has 1 heterocycles. The number of hydrogen-bond acceptors (Lipinski definition) is 6. The van der Waals surface area contributed by atoms with Crippen molar-refractivity contribution in [3.8, 4) is 0 Å². The molecule has 7 nitrogen and oxygen atoms in total. The SMILES string of the molecule is Nc1nc(NCCc2ccccc2)nc(C(=O)O)n1. The van der Waals surface area contributed by atoms with Gasteiger partial charge < -0.3 is 16.2 Å². The first-order chi connectivity index (χ1) is 9.15. The fourth-order valence-electron chi connectivity index (χ4n) is 1.53. The Hall–Kier alpha value is -2.70. The molecule has 0 atom stereocenters. The van der Waals surface area contributed by atoms with Crippen LogP contribution < -0.4 is 11.1 Å². The molecular formula is C12H13N5O2. The number of carboxylic acid groups (broad SMARTS) is 1. The average molecular weight is 259 g/mol. The van der Waals surface area contributed by atoms with E-state index in [4.69, 9.17) is 10.8 Å². The monoisotopic (exact) mass is 259 g/mol. The number of aromatic nitrogens is 3. The van der Waals surface area contributed by atoms with Crippen molar-refractivity contribution >= 4 is 17.9 Å². The number of nitrogen functional groups attached to an aromatic ring is 1. The molecule has 0 aliphatic carbocycles. The second kappa shape index (κ2) is 5.76. The van der Waals surface area contributed by atoms with Crippen LogP contribution in [-0.4, -0.2) is 32.6 Å². The Labute approximate surface area is 109 Å². The number of nitrogens with zero attached hydrogens (tertiary/aromatic N) is 3. The quantitative estimate of drug-likeness (QED) is 0.727. The highest BCUT2D eigenvalue weighted by Gasteiger charge is 2.10.